The Hall–Kier alpha value is -3.91. The highest BCUT2D eigenvalue weighted by Gasteiger charge is 2.47. The Labute approximate surface area is 198 Å². The number of aromatic nitrogens is 2. The molecule has 4 rings (SSSR count). The number of likely N-dealkylation sites (N-methyl/N-ethyl adjacent to an activating group) is 1. The molecule has 1 saturated heterocycles. The molecule has 8 heteroatoms. The van der Waals surface area contributed by atoms with Crippen LogP contribution >= 0.6 is 0 Å². The number of nitrogens with zero attached hydrogens (tertiary/aromatic N) is 4. The summed E-state index contributed by atoms with van der Waals surface area (Å²) in [6.07, 6.45) is 1.52. The van der Waals surface area contributed by atoms with Crippen LogP contribution in [0.15, 0.2) is 66.4 Å². The molecule has 0 saturated carbocycles. The molecule has 2 aromatic carbocycles. The van der Waals surface area contributed by atoms with Gasteiger partial charge in [0.25, 0.3) is 11.7 Å². The van der Waals surface area contributed by atoms with Gasteiger partial charge in [-0.05, 0) is 39.2 Å². The highest BCUT2D eigenvalue weighted by atomic mass is 16.5. The number of Topliss-reactive ketones (excluding diaryl/α,β-unsaturated/α-hetero) is 1. The maximum absolute atomic E-state index is 13.3. The highest BCUT2D eigenvalue weighted by molar-refractivity contribution is 6.46. The lowest BCUT2D eigenvalue weighted by Gasteiger charge is -2.27. The summed E-state index contributed by atoms with van der Waals surface area (Å²) in [5, 5.41) is 15.8. The van der Waals surface area contributed by atoms with Gasteiger partial charge in [0.05, 0.1) is 41.9 Å². The molecule has 0 aliphatic carbocycles. The number of ether oxygens (including phenoxy) is 1. The number of aliphatic hydroxyl groups is 1. The lowest BCUT2D eigenvalue weighted by atomic mass is 9.94. The minimum Gasteiger partial charge on any atom is -0.507 e. The number of para-hydroxylation sites is 2. The Morgan fingerprint density at radius 2 is 1.76 bits per heavy atom. The van der Waals surface area contributed by atoms with Crippen molar-refractivity contribution in [1.82, 2.24) is 19.6 Å². The first-order chi connectivity index (χ1) is 16.3. The van der Waals surface area contributed by atoms with Crippen LogP contribution in [0.2, 0.25) is 0 Å². The molecule has 0 spiro atoms. The third kappa shape index (κ3) is 4.08. The van der Waals surface area contributed by atoms with Gasteiger partial charge in [-0.2, -0.15) is 5.10 Å². The Morgan fingerprint density at radius 1 is 1.09 bits per heavy atom. The van der Waals surface area contributed by atoms with E-state index in [1.807, 2.05) is 74.4 Å². The van der Waals surface area contributed by atoms with E-state index >= 15 is 0 Å². The van der Waals surface area contributed by atoms with Crippen molar-refractivity contribution in [2.24, 2.45) is 0 Å². The molecule has 1 N–H and O–H groups in total. The third-order valence-corrected chi connectivity index (χ3v) is 6.03. The largest absolute Gasteiger partial charge is 0.507 e. The number of hydrogen-bond acceptors (Lipinski definition) is 6. The predicted octanol–water partition coefficient (Wildman–Crippen LogP) is 3.17. The highest BCUT2D eigenvalue weighted by Crippen LogP contribution is 2.42. The van der Waals surface area contributed by atoms with Crippen LogP contribution in [0.4, 0.5) is 0 Å². The van der Waals surface area contributed by atoms with E-state index in [0.717, 1.165) is 5.69 Å². The molecule has 1 aliphatic rings. The number of aliphatic hydroxyl groups excluding tert-OH is 1. The molecule has 3 aromatic rings. The number of rotatable bonds is 7. The Balaban J connectivity index is 1.88. The first-order valence-corrected chi connectivity index (χ1v) is 11.0. The van der Waals surface area contributed by atoms with E-state index in [0.29, 0.717) is 35.7 Å². The van der Waals surface area contributed by atoms with Gasteiger partial charge in [0, 0.05) is 18.7 Å². The van der Waals surface area contributed by atoms with Gasteiger partial charge in [0.2, 0.25) is 0 Å². The fourth-order valence-electron chi connectivity index (χ4n) is 4.25. The molecular formula is C26H28N4O4. The summed E-state index contributed by atoms with van der Waals surface area (Å²) >= 11 is 0. The van der Waals surface area contributed by atoms with Crippen molar-refractivity contribution in [2.45, 2.75) is 13.0 Å². The number of amides is 1. The standard InChI is InChI=1S/C26H28N4O4/c1-17-20(16-27-30(17)18-10-6-5-7-11-18)24(31)22-23(19-12-8-9-13-21(19)34-4)29(15-14-28(2)3)26(33)25(22)32/h5-13,16,23,31H,14-15H2,1-4H3/t23-/m1/s1. The van der Waals surface area contributed by atoms with Crippen LogP contribution in [-0.4, -0.2) is 70.7 Å². The first kappa shape index (κ1) is 23.3. The Kier molecular flexibility index (Phi) is 6.51. The Bertz CT molecular complexity index is 1250. The summed E-state index contributed by atoms with van der Waals surface area (Å²) in [7, 11) is 5.34. The number of likely N-dealkylation sites (tertiary alicyclic amines) is 1. The van der Waals surface area contributed by atoms with Crippen molar-refractivity contribution in [3.63, 3.8) is 0 Å². The van der Waals surface area contributed by atoms with Gasteiger partial charge in [-0.15, -0.1) is 0 Å². The first-order valence-electron chi connectivity index (χ1n) is 11.0. The van der Waals surface area contributed by atoms with Crippen molar-refractivity contribution in [3.05, 3.63) is 83.2 Å². The smallest absolute Gasteiger partial charge is 0.295 e. The second-order valence-corrected chi connectivity index (χ2v) is 8.43. The summed E-state index contributed by atoms with van der Waals surface area (Å²) in [6.45, 7) is 2.69. The number of carbonyl (C=O) groups excluding carboxylic acids is 2. The zero-order chi connectivity index (χ0) is 24.4. The number of carbonyl (C=O) groups is 2. The van der Waals surface area contributed by atoms with E-state index in [1.165, 1.54) is 11.1 Å². The number of benzene rings is 2. The van der Waals surface area contributed by atoms with Crippen LogP contribution < -0.4 is 4.74 Å². The fourth-order valence-corrected chi connectivity index (χ4v) is 4.25. The van der Waals surface area contributed by atoms with Crippen molar-refractivity contribution >= 4 is 17.4 Å². The van der Waals surface area contributed by atoms with Crippen LogP contribution in [0.25, 0.3) is 11.4 Å². The summed E-state index contributed by atoms with van der Waals surface area (Å²) in [5.74, 6) is -1.08. The second-order valence-electron chi connectivity index (χ2n) is 8.43. The number of hydrogen-bond donors (Lipinski definition) is 1. The number of methoxy groups -OCH3 is 1. The van der Waals surface area contributed by atoms with Crippen molar-refractivity contribution in [3.8, 4) is 11.4 Å². The van der Waals surface area contributed by atoms with Crippen LogP contribution in [0, 0.1) is 6.92 Å². The van der Waals surface area contributed by atoms with Gasteiger partial charge in [0.1, 0.15) is 11.5 Å². The molecule has 8 nitrogen and oxygen atoms in total. The van der Waals surface area contributed by atoms with E-state index in [9.17, 15) is 14.7 Å². The predicted molar refractivity (Wildman–Crippen MR) is 129 cm³/mol. The normalized spacial score (nSPS) is 17.6. The minimum absolute atomic E-state index is 0.0315. The molecule has 0 bridgehead atoms. The molecular weight excluding hydrogens is 432 g/mol. The quantitative estimate of drug-likeness (QED) is 0.331. The van der Waals surface area contributed by atoms with E-state index in [-0.39, 0.29) is 11.3 Å². The number of ketones is 1. The van der Waals surface area contributed by atoms with Crippen LogP contribution in [0.1, 0.15) is 22.9 Å². The summed E-state index contributed by atoms with van der Waals surface area (Å²) < 4.78 is 7.23. The van der Waals surface area contributed by atoms with E-state index in [2.05, 4.69) is 5.10 Å². The van der Waals surface area contributed by atoms with Gasteiger partial charge >= 0.3 is 0 Å². The monoisotopic (exact) mass is 460 g/mol. The topological polar surface area (TPSA) is 87.9 Å². The van der Waals surface area contributed by atoms with Crippen molar-refractivity contribution < 1.29 is 19.4 Å². The van der Waals surface area contributed by atoms with Gasteiger partial charge in [-0.25, -0.2) is 4.68 Å². The van der Waals surface area contributed by atoms with Crippen LogP contribution in [0.5, 0.6) is 5.75 Å². The van der Waals surface area contributed by atoms with E-state index in [4.69, 9.17) is 4.74 Å². The molecule has 1 fully saturated rings. The Morgan fingerprint density at radius 3 is 2.44 bits per heavy atom. The maximum Gasteiger partial charge on any atom is 0.295 e. The molecule has 0 radical (unpaired) electrons. The van der Waals surface area contributed by atoms with E-state index < -0.39 is 17.7 Å². The van der Waals surface area contributed by atoms with E-state index in [1.54, 1.807) is 17.9 Å². The van der Waals surface area contributed by atoms with Gasteiger partial charge in [0.15, 0.2) is 0 Å². The van der Waals surface area contributed by atoms with Gasteiger partial charge in [-0.3, -0.25) is 9.59 Å². The minimum atomic E-state index is -0.782. The molecule has 1 aromatic heterocycles. The summed E-state index contributed by atoms with van der Waals surface area (Å²) in [5.41, 5.74) is 2.55. The summed E-state index contributed by atoms with van der Waals surface area (Å²) in [6, 6.07) is 16.0. The molecule has 34 heavy (non-hydrogen) atoms. The van der Waals surface area contributed by atoms with Crippen molar-refractivity contribution in [2.75, 3.05) is 34.3 Å². The SMILES string of the molecule is COc1ccccc1[C@@H]1C(=C(O)c2cnn(-c3ccccc3)c2C)C(=O)C(=O)N1CCN(C)C. The van der Waals surface area contributed by atoms with Crippen LogP contribution in [0.3, 0.4) is 0 Å². The van der Waals surface area contributed by atoms with Gasteiger partial charge in [-0.1, -0.05) is 36.4 Å². The molecule has 1 aliphatic heterocycles. The average Bonchev–Trinajstić information content (AvgIpc) is 3.35. The molecule has 176 valence electrons. The maximum atomic E-state index is 13.3. The lowest BCUT2D eigenvalue weighted by Crippen LogP contribution is -2.35. The fraction of sp³-hybridized carbons (Fsp3) is 0.269. The third-order valence-electron chi connectivity index (χ3n) is 6.03. The molecule has 1 amide bonds. The average molecular weight is 461 g/mol. The lowest BCUT2D eigenvalue weighted by molar-refractivity contribution is -0.140. The summed E-state index contributed by atoms with van der Waals surface area (Å²) in [4.78, 5) is 29.8. The van der Waals surface area contributed by atoms with Crippen molar-refractivity contribution in [1.29, 1.82) is 0 Å². The van der Waals surface area contributed by atoms with Gasteiger partial charge < -0.3 is 19.6 Å². The molecule has 0 unspecified atom stereocenters. The molecule has 2 heterocycles. The second kappa shape index (κ2) is 9.52. The molecule has 1 atom stereocenters. The zero-order valence-corrected chi connectivity index (χ0v) is 19.7. The zero-order valence-electron chi connectivity index (χ0n) is 19.7. The van der Waals surface area contributed by atoms with Crippen LogP contribution in [-0.2, 0) is 9.59 Å².